The van der Waals surface area contributed by atoms with E-state index in [9.17, 15) is 18.3 Å². The molecule has 7 heteroatoms. The fraction of sp³-hybridized carbons (Fsp3) is 0.875. The van der Waals surface area contributed by atoms with Gasteiger partial charge in [0.25, 0.3) is 10.1 Å². The number of carboxylic acids is 1. The summed E-state index contributed by atoms with van der Waals surface area (Å²) in [6.45, 7) is 0.279. The van der Waals surface area contributed by atoms with Crippen LogP contribution in [-0.2, 0) is 19.1 Å². The van der Waals surface area contributed by atoms with Crippen LogP contribution in [0.4, 0.5) is 0 Å². The Hall–Kier alpha value is -0.660. The highest BCUT2D eigenvalue weighted by Gasteiger charge is 2.22. The third kappa shape index (κ3) is 9.64. The van der Waals surface area contributed by atoms with Gasteiger partial charge in [0.2, 0.25) is 0 Å². The van der Waals surface area contributed by atoms with E-state index in [0.717, 1.165) is 6.26 Å². The number of carboxylic acid groups (broad SMARTS) is 1. The number of hydrogen-bond donors (Lipinski definition) is 0. The van der Waals surface area contributed by atoms with Gasteiger partial charge in [-0.2, -0.15) is 8.42 Å². The van der Waals surface area contributed by atoms with Crippen molar-refractivity contribution < 1.29 is 27.0 Å². The molecule has 0 aliphatic carbocycles. The van der Waals surface area contributed by atoms with Gasteiger partial charge in [-0.15, -0.1) is 0 Å². The molecule has 0 bridgehead atoms. The van der Waals surface area contributed by atoms with Crippen molar-refractivity contribution in [2.75, 3.05) is 33.9 Å². The summed E-state index contributed by atoms with van der Waals surface area (Å²) in [7, 11) is 1.80. The van der Waals surface area contributed by atoms with E-state index in [1.54, 1.807) is 0 Å². The predicted octanol–water partition coefficient (Wildman–Crippen LogP) is -1.82. The average molecular weight is 239 g/mol. The Kier molecular flexibility index (Phi) is 4.69. The molecular formula is C8H17NO5S. The second kappa shape index (κ2) is 4.91. The molecule has 0 N–H and O–H groups in total. The van der Waals surface area contributed by atoms with E-state index in [4.69, 9.17) is 0 Å². The fourth-order valence-electron chi connectivity index (χ4n) is 1.17. The first-order valence-corrected chi connectivity index (χ1v) is 6.20. The standard InChI is InChI=1S/C8H17NO5S/c1-9(2,3)6-7(5-8(10)11)14-15(4,12)13/h7H,5-6H2,1-4H3. The number of hydrogen-bond acceptors (Lipinski definition) is 5. The van der Waals surface area contributed by atoms with Crippen molar-refractivity contribution in [3.63, 3.8) is 0 Å². The SMILES string of the molecule is C[N+](C)(C)CC(CC(=O)[O-])OS(C)(=O)=O. The number of likely N-dealkylation sites (N-methyl/N-ethyl adjacent to an activating group) is 1. The van der Waals surface area contributed by atoms with E-state index in [2.05, 4.69) is 4.18 Å². The van der Waals surface area contributed by atoms with Crippen molar-refractivity contribution >= 4 is 16.1 Å². The van der Waals surface area contributed by atoms with E-state index < -0.39 is 28.6 Å². The molecule has 0 aliphatic rings. The highest BCUT2D eigenvalue weighted by Crippen LogP contribution is 2.07. The lowest BCUT2D eigenvalue weighted by molar-refractivity contribution is -0.873. The number of aliphatic carboxylic acids is 1. The molecule has 0 spiro atoms. The zero-order valence-corrected chi connectivity index (χ0v) is 10.2. The smallest absolute Gasteiger partial charge is 0.264 e. The van der Waals surface area contributed by atoms with Gasteiger partial charge in [0.05, 0.1) is 27.4 Å². The van der Waals surface area contributed by atoms with Gasteiger partial charge in [-0.05, 0) is 0 Å². The zero-order valence-electron chi connectivity index (χ0n) is 9.39. The maximum atomic E-state index is 10.9. The molecule has 6 nitrogen and oxygen atoms in total. The van der Waals surface area contributed by atoms with E-state index in [1.807, 2.05) is 21.1 Å². The van der Waals surface area contributed by atoms with E-state index in [-0.39, 0.29) is 6.54 Å². The monoisotopic (exact) mass is 239 g/mol. The summed E-state index contributed by atoms with van der Waals surface area (Å²) in [4.78, 5) is 10.4. The van der Waals surface area contributed by atoms with Crippen molar-refractivity contribution in [1.29, 1.82) is 0 Å². The molecule has 0 amide bonds. The second-order valence-corrected chi connectivity index (χ2v) is 6.07. The van der Waals surface area contributed by atoms with Gasteiger partial charge in [0, 0.05) is 12.4 Å². The quantitative estimate of drug-likeness (QED) is 0.402. The Balaban J connectivity index is 4.53. The number of rotatable bonds is 6. The molecule has 0 heterocycles. The maximum Gasteiger partial charge on any atom is 0.264 e. The Morgan fingerprint density at radius 3 is 2.13 bits per heavy atom. The van der Waals surface area contributed by atoms with E-state index in [0.29, 0.717) is 4.48 Å². The molecule has 0 aromatic heterocycles. The summed E-state index contributed by atoms with van der Waals surface area (Å²) in [6.07, 6.45) is -0.418. The Labute approximate surface area is 90.2 Å². The molecule has 0 aromatic carbocycles. The van der Waals surface area contributed by atoms with Crippen LogP contribution in [0.25, 0.3) is 0 Å². The number of carbonyl (C=O) groups excluding carboxylic acids is 1. The van der Waals surface area contributed by atoms with Crippen LogP contribution in [0.1, 0.15) is 6.42 Å². The average Bonchev–Trinajstić information content (AvgIpc) is 1.73. The van der Waals surface area contributed by atoms with Crippen molar-refractivity contribution in [2.24, 2.45) is 0 Å². The van der Waals surface area contributed by atoms with Crippen LogP contribution >= 0.6 is 0 Å². The minimum Gasteiger partial charge on any atom is -0.550 e. The first-order valence-electron chi connectivity index (χ1n) is 4.38. The molecule has 0 aromatic rings. The predicted molar refractivity (Wildman–Crippen MR) is 52.2 cm³/mol. The van der Waals surface area contributed by atoms with Crippen LogP contribution < -0.4 is 5.11 Å². The highest BCUT2D eigenvalue weighted by molar-refractivity contribution is 7.86. The Morgan fingerprint density at radius 2 is 1.87 bits per heavy atom. The van der Waals surface area contributed by atoms with Crippen molar-refractivity contribution in [3.05, 3.63) is 0 Å². The van der Waals surface area contributed by atoms with Crippen LogP contribution in [0.3, 0.4) is 0 Å². The summed E-state index contributed by atoms with van der Waals surface area (Å²) in [5, 5.41) is 10.4. The molecule has 0 saturated carbocycles. The molecule has 15 heavy (non-hydrogen) atoms. The maximum absolute atomic E-state index is 10.9. The number of nitrogens with zero attached hydrogens (tertiary/aromatic N) is 1. The van der Waals surface area contributed by atoms with Crippen LogP contribution in [0, 0.1) is 0 Å². The lowest BCUT2D eigenvalue weighted by Crippen LogP contribution is -2.45. The Morgan fingerprint density at radius 1 is 1.40 bits per heavy atom. The van der Waals surface area contributed by atoms with Crippen LogP contribution in [-0.4, -0.2) is 58.9 Å². The fourth-order valence-corrected chi connectivity index (χ4v) is 1.80. The first-order chi connectivity index (χ1) is 6.49. The topological polar surface area (TPSA) is 83.5 Å². The molecule has 1 unspecified atom stereocenters. The molecule has 1 atom stereocenters. The molecule has 0 radical (unpaired) electrons. The van der Waals surface area contributed by atoms with Crippen molar-refractivity contribution in [3.8, 4) is 0 Å². The summed E-state index contributed by atoms with van der Waals surface area (Å²) in [5.74, 6) is -1.32. The van der Waals surface area contributed by atoms with Crippen molar-refractivity contribution in [2.45, 2.75) is 12.5 Å². The van der Waals surface area contributed by atoms with Crippen LogP contribution in [0.5, 0.6) is 0 Å². The molecule has 0 saturated heterocycles. The third-order valence-electron chi connectivity index (χ3n) is 1.46. The van der Waals surface area contributed by atoms with Gasteiger partial charge in [-0.25, -0.2) is 0 Å². The molecular weight excluding hydrogens is 222 g/mol. The van der Waals surface area contributed by atoms with Gasteiger partial charge in [-0.3, -0.25) is 4.18 Å². The van der Waals surface area contributed by atoms with Crippen LogP contribution in [0.15, 0.2) is 0 Å². The summed E-state index contributed by atoms with van der Waals surface area (Å²) < 4.78 is 26.8. The van der Waals surface area contributed by atoms with Gasteiger partial charge in [0.1, 0.15) is 12.6 Å². The molecule has 0 fully saturated rings. The number of quaternary nitrogens is 1. The second-order valence-electron chi connectivity index (χ2n) is 4.47. The summed E-state index contributed by atoms with van der Waals surface area (Å²) in [6, 6.07) is 0. The van der Waals surface area contributed by atoms with E-state index >= 15 is 0 Å². The highest BCUT2D eigenvalue weighted by atomic mass is 32.2. The molecule has 0 aliphatic heterocycles. The zero-order chi connectivity index (χ0) is 12.3. The molecule has 90 valence electrons. The normalized spacial score (nSPS) is 14.9. The van der Waals surface area contributed by atoms with Gasteiger partial charge in [0.15, 0.2) is 0 Å². The van der Waals surface area contributed by atoms with Crippen LogP contribution in [0.2, 0.25) is 0 Å². The van der Waals surface area contributed by atoms with Crippen molar-refractivity contribution in [1.82, 2.24) is 0 Å². The van der Waals surface area contributed by atoms with Gasteiger partial charge in [-0.1, -0.05) is 0 Å². The van der Waals surface area contributed by atoms with Gasteiger partial charge < -0.3 is 14.4 Å². The Bertz CT molecular complexity index is 316. The minimum atomic E-state index is -3.64. The lowest BCUT2D eigenvalue weighted by Gasteiger charge is -2.28. The largest absolute Gasteiger partial charge is 0.550 e. The minimum absolute atomic E-state index is 0.279. The van der Waals surface area contributed by atoms with E-state index in [1.165, 1.54) is 0 Å². The van der Waals surface area contributed by atoms with Gasteiger partial charge >= 0.3 is 0 Å². The lowest BCUT2D eigenvalue weighted by atomic mass is 10.2. The number of carbonyl (C=O) groups is 1. The first kappa shape index (κ1) is 14.3. The molecule has 0 rings (SSSR count). The summed E-state index contributed by atoms with van der Waals surface area (Å²) >= 11 is 0. The third-order valence-corrected chi connectivity index (χ3v) is 2.08. The summed E-state index contributed by atoms with van der Waals surface area (Å²) in [5.41, 5.74) is 0.